The van der Waals surface area contributed by atoms with Crippen LogP contribution in [0.2, 0.25) is 0 Å². The fourth-order valence-corrected chi connectivity index (χ4v) is 4.27. The van der Waals surface area contributed by atoms with Crippen LogP contribution in [-0.4, -0.2) is 42.9 Å². The molecule has 1 aliphatic rings. The topological polar surface area (TPSA) is 61.4 Å². The van der Waals surface area contributed by atoms with Crippen LogP contribution in [0.3, 0.4) is 0 Å². The molecule has 0 radical (unpaired) electrons. The van der Waals surface area contributed by atoms with Crippen LogP contribution in [0.4, 0.5) is 5.00 Å². The van der Waals surface area contributed by atoms with Crippen LogP contribution in [0.1, 0.15) is 53.0 Å². The van der Waals surface area contributed by atoms with Crippen molar-refractivity contribution in [2.75, 3.05) is 31.5 Å². The van der Waals surface area contributed by atoms with E-state index in [2.05, 4.69) is 24.5 Å². The van der Waals surface area contributed by atoms with E-state index in [1.165, 1.54) is 16.9 Å². The van der Waals surface area contributed by atoms with Gasteiger partial charge in [0, 0.05) is 18.7 Å². The number of nitrogens with one attached hydrogen (secondary N) is 2. The minimum atomic E-state index is -0.177. The Morgan fingerprint density at radius 2 is 1.82 bits per heavy atom. The minimum Gasteiger partial charge on any atom is -0.339 e. The van der Waals surface area contributed by atoms with Gasteiger partial charge in [-0.2, -0.15) is 0 Å². The van der Waals surface area contributed by atoms with Gasteiger partial charge in [-0.25, -0.2) is 0 Å². The van der Waals surface area contributed by atoms with Gasteiger partial charge in [0.15, 0.2) is 0 Å². The highest BCUT2D eigenvalue weighted by Gasteiger charge is 2.26. The second-order valence-corrected chi connectivity index (χ2v) is 8.13. The van der Waals surface area contributed by atoms with Crippen molar-refractivity contribution in [3.8, 4) is 0 Å². The first kappa shape index (κ1) is 20.6. The van der Waals surface area contributed by atoms with E-state index in [-0.39, 0.29) is 11.8 Å². The number of carbonyl (C=O) groups is 2. The van der Waals surface area contributed by atoms with Crippen LogP contribution >= 0.6 is 11.3 Å². The van der Waals surface area contributed by atoms with E-state index in [1.54, 1.807) is 0 Å². The lowest BCUT2D eigenvalue weighted by Gasteiger charge is -2.32. The van der Waals surface area contributed by atoms with Gasteiger partial charge in [-0.15, -0.1) is 11.3 Å². The molecular formula is C22H29N3O2S. The number of hydrogen-bond donors (Lipinski definition) is 2. The Hall–Kier alpha value is -2.18. The summed E-state index contributed by atoms with van der Waals surface area (Å²) in [6, 6.07) is 9.41. The zero-order valence-corrected chi connectivity index (χ0v) is 17.5. The Morgan fingerprint density at radius 3 is 2.46 bits per heavy atom. The monoisotopic (exact) mass is 399 g/mol. The molecule has 0 spiro atoms. The maximum absolute atomic E-state index is 13.0. The van der Waals surface area contributed by atoms with Crippen LogP contribution in [0.15, 0.2) is 35.7 Å². The summed E-state index contributed by atoms with van der Waals surface area (Å²) in [6.07, 6.45) is 2.99. The van der Waals surface area contributed by atoms with Crippen LogP contribution in [0.5, 0.6) is 0 Å². The Kier molecular flexibility index (Phi) is 7.23. The smallest absolute Gasteiger partial charge is 0.256 e. The summed E-state index contributed by atoms with van der Waals surface area (Å²) in [5.74, 6) is 0.472. The summed E-state index contributed by atoms with van der Waals surface area (Å²) in [4.78, 5) is 27.5. The molecule has 5 nitrogen and oxygen atoms in total. The summed E-state index contributed by atoms with van der Waals surface area (Å²) in [5.41, 5.74) is 2.39. The first-order valence-corrected chi connectivity index (χ1v) is 11.0. The summed E-state index contributed by atoms with van der Waals surface area (Å²) in [5, 5.41) is 8.81. The average molecular weight is 400 g/mol. The van der Waals surface area contributed by atoms with Gasteiger partial charge in [0.1, 0.15) is 5.00 Å². The highest BCUT2D eigenvalue weighted by Crippen LogP contribution is 2.27. The highest BCUT2D eigenvalue weighted by atomic mass is 32.1. The zero-order chi connectivity index (χ0) is 19.9. The van der Waals surface area contributed by atoms with Gasteiger partial charge in [0.25, 0.3) is 11.8 Å². The zero-order valence-electron chi connectivity index (χ0n) is 16.7. The number of thiophene rings is 1. The predicted octanol–water partition coefficient (Wildman–Crippen LogP) is 4.02. The molecule has 2 amide bonds. The van der Waals surface area contributed by atoms with Crippen LogP contribution < -0.4 is 10.6 Å². The fourth-order valence-electron chi connectivity index (χ4n) is 3.50. The molecule has 1 saturated heterocycles. The fraction of sp³-hybridized carbons (Fsp3) is 0.455. The number of piperidine rings is 1. The molecule has 0 atom stereocenters. The number of carbonyl (C=O) groups excluding carboxylic acids is 2. The number of aryl methyl sites for hydroxylation is 1. The predicted molar refractivity (Wildman–Crippen MR) is 115 cm³/mol. The van der Waals surface area contributed by atoms with Crippen molar-refractivity contribution in [3.63, 3.8) is 0 Å². The molecule has 0 saturated carbocycles. The van der Waals surface area contributed by atoms with E-state index in [4.69, 9.17) is 0 Å². The van der Waals surface area contributed by atoms with E-state index in [1.807, 2.05) is 40.6 Å². The molecule has 0 unspecified atom stereocenters. The SMILES string of the molecule is CCNCC1CCN(C(=O)c2ccsc2NC(=O)c2ccc(CC)cc2)CC1. The first-order chi connectivity index (χ1) is 13.6. The Labute approximate surface area is 171 Å². The molecule has 1 aromatic heterocycles. The van der Waals surface area contributed by atoms with Crippen molar-refractivity contribution in [3.05, 3.63) is 52.4 Å². The number of benzene rings is 1. The van der Waals surface area contributed by atoms with Crippen molar-refractivity contribution >= 4 is 28.2 Å². The number of nitrogens with zero attached hydrogens (tertiary/aromatic N) is 1. The third-order valence-electron chi connectivity index (χ3n) is 5.33. The molecule has 150 valence electrons. The lowest BCUT2D eigenvalue weighted by atomic mass is 9.96. The number of anilines is 1. The lowest BCUT2D eigenvalue weighted by Crippen LogP contribution is -2.40. The van der Waals surface area contributed by atoms with Crippen LogP contribution in [0.25, 0.3) is 0 Å². The molecule has 1 aliphatic heterocycles. The standard InChI is InChI=1S/C22H29N3O2S/c1-3-16-5-7-18(8-6-16)20(26)24-21-19(11-14-28-21)22(27)25-12-9-17(10-13-25)15-23-4-2/h5-8,11,14,17,23H,3-4,9-10,12-13,15H2,1-2H3,(H,24,26). The van der Waals surface area contributed by atoms with Gasteiger partial charge >= 0.3 is 0 Å². The lowest BCUT2D eigenvalue weighted by molar-refractivity contribution is 0.0692. The van der Waals surface area contributed by atoms with Gasteiger partial charge in [0.2, 0.25) is 0 Å². The summed E-state index contributed by atoms with van der Waals surface area (Å²) < 4.78 is 0. The number of amides is 2. The van der Waals surface area contributed by atoms with Gasteiger partial charge in [-0.05, 0) is 67.4 Å². The third kappa shape index (κ3) is 5.00. The molecule has 2 heterocycles. The summed E-state index contributed by atoms with van der Waals surface area (Å²) in [6.45, 7) is 7.76. The van der Waals surface area contributed by atoms with Gasteiger partial charge in [-0.1, -0.05) is 26.0 Å². The highest BCUT2D eigenvalue weighted by molar-refractivity contribution is 7.14. The molecule has 1 aromatic carbocycles. The Morgan fingerprint density at radius 1 is 1.11 bits per heavy atom. The second-order valence-electron chi connectivity index (χ2n) is 7.21. The van der Waals surface area contributed by atoms with Gasteiger partial charge in [0.05, 0.1) is 5.56 Å². The minimum absolute atomic E-state index is 0.0137. The van der Waals surface area contributed by atoms with Crippen molar-refractivity contribution in [1.29, 1.82) is 0 Å². The summed E-state index contributed by atoms with van der Waals surface area (Å²) in [7, 11) is 0. The van der Waals surface area contributed by atoms with Crippen LogP contribution in [-0.2, 0) is 6.42 Å². The Balaban J connectivity index is 1.61. The van der Waals surface area contributed by atoms with E-state index in [9.17, 15) is 9.59 Å². The first-order valence-electron chi connectivity index (χ1n) is 10.1. The molecule has 2 N–H and O–H groups in total. The van der Waals surface area contributed by atoms with E-state index >= 15 is 0 Å². The molecule has 0 bridgehead atoms. The van der Waals surface area contributed by atoms with Crippen LogP contribution in [0, 0.1) is 5.92 Å². The molecule has 3 rings (SSSR count). The molecule has 0 aliphatic carbocycles. The van der Waals surface area contributed by atoms with Crippen molar-refractivity contribution < 1.29 is 9.59 Å². The third-order valence-corrected chi connectivity index (χ3v) is 6.16. The van der Waals surface area contributed by atoms with Crippen molar-refractivity contribution in [1.82, 2.24) is 10.2 Å². The molecule has 28 heavy (non-hydrogen) atoms. The second kappa shape index (κ2) is 9.85. The molecule has 6 heteroatoms. The normalized spacial score (nSPS) is 14.9. The van der Waals surface area contributed by atoms with Gasteiger partial charge in [-0.3, -0.25) is 9.59 Å². The summed E-state index contributed by atoms with van der Waals surface area (Å²) >= 11 is 1.39. The Bertz CT molecular complexity index is 792. The van der Waals surface area contributed by atoms with Crippen molar-refractivity contribution in [2.24, 2.45) is 5.92 Å². The van der Waals surface area contributed by atoms with Gasteiger partial charge < -0.3 is 15.5 Å². The quantitative estimate of drug-likeness (QED) is 0.739. The maximum Gasteiger partial charge on any atom is 0.256 e. The number of hydrogen-bond acceptors (Lipinski definition) is 4. The largest absolute Gasteiger partial charge is 0.339 e. The van der Waals surface area contributed by atoms with Crippen molar-refractivity contribution in [2.45, 2.75) is 33.1 Å². The number of rotatable bonds is 7. The van der Waals surface area contributed by atoms with E-state index in [0.29, 0.717) is 22.0 Å². The number of likely N-dealkylation sites (tertiary alicyclic amines) is 1. The van der Waals surface area contributed by atoms with E-state index < -0.39 is 0 Å². The molecule has 2 aromatic rings. The van der Waals surface area contributed by atoms with E-state index in [0.717, 1.165) is 45.4 Å². The average Bonchev–Trinajstić information content (AvgIpc) is 3.20. The maximum atomic E-state index is 13.0. The molecule has 1 fully saturated rings. The molecular weight excluding hydrogens is 370 g/mol.